The molecule has 1 aliphatic heterocycles. The van der Waals surface area contributed by atoms with Crippen molar-refractivity contribution in [2.75, 3.05) is 39.4 Å². The molecule has 1 saturated carbocycles. The van der Waals surface area contributed by atoms with Crippen molar-refractivity contribution < 1.29 is 22.7 Å². The molecule has 1 aliphatic carbocycles. The number of benzene rings is 2. The van der Waals surface area contributed by atoms with E-state index in [1.54, 1.807) is 48.2 Å². The van der Waals surface area contributed by atoms with E-state index in [4.69, 9.17) is 16.3 Å². The van der Waals surface area contributed by atoms with Crippen molar-refractivity contribution in [2.24, 2.45) is 0 Å². The molecule has 1 saturated heterocycles. The minimum absolute atomic E-state index is 0.0393. The number of rotatable bonds is 13. The predicted molar refractivity (Wildman–Crippen MR) is 150 cm³/mol. The van der Waals surface area contributed by atoms with Crippen LogP contribution < -0.4 is 10.0 Å². The Hall–Kier alpha value is -2.50. The molecule has 39 heavy (non-hydrogen) atoms. The average Bonchev–Trinajstić information content (AvgIpc) is 3.75. The molecule has 2 fully saturated rings. The van der Waals surface area contributed by atoms with Gasteiger partial charge in [0.05, 0.1) is 18.1 Å². The maximum atomic E-state index is 13.4. The van der Waals surface area contributed by atoms with Gasteiger partial charge in [0.25, 0.3) is 0 Å². The average molecular weight is 577 g/mol. The van der Waals surface area contributed by atoms with Crippen LogP contribution in [0, 0.1) is 0 Å². The van der Waals surface area contributed by atoms with Gasteiger partial charge < -0.3 is 15.0 Å². The summed E-state index contributed by atoms with van der Waals surface area (Å²) >= 11 is 6.03. The summed E-state index contributed by atoms with van der Waals surface area (Å²) in [6.45, 7) is 6.33. The van der Waals surface area contributed by atoms with Crippen molar-refractivity contribution >= 4 is 33.4 Å². The SMILES string of the molecule is C[C@H](C(=O)NCCN1CCOCC1)N(Cc1ccc(Cl)cc1)C(=O)CCc1ccc(S(=O)(=O)NC2CC2)cc1. The monoisotopic (exact) mass is 576 g/mol. The summed E-state index contributed by atoms with van der Waals surface area (Å²) in [6, 6.07) is 13.2. The highest BCUT2D eigenvalue weighted by Gasteiger charge is 2.28. The molecule has 2 aromatic carbocycles. The van der Waals surface area contributed by atoms with Gasteiger partial charge in [-0.05, 0) is 61.6 Å². The lowest BCUT2D eigenvalue weighted by Gasteiger charge is -2.30. The number of carbonyl (C=O) groups excluding carboxylic acids is 2. The molecule has 0 radical (unpaired) electrons. The van der Waals surface area contributed by atoms with Crippen LogP contribution in [0.1, 0.15) is 37.3 Å². The molecule has 11 heteroatoms. The Balaban J connectivity index is 1.36. The maximum Gasteiger partial charge on any atom is 0.242 e. The second-order valence-electron chi connectivity index (χ2n) is 10.1. The molecule has 2 N–H and O–H groups in total. The molecule has 1 atom stereocenters. The van der Waals surface area contributed by atoms with E-state index in [1.165, 1.54) is 0 Å². The van der Waals surface area contributed by atoms with E-state index in [9.17, 15) is 18.0 Å². The van der Waals surface area contributed by atoms with Gasteiger partial charge in [0.1, 0.15) is 6.04 Å². The van der Waals surface area contributed by atoms with E-state index in [0.29, 0.717) is 31.2 Å². The number of carbonyl (C=O) groups is 2. The Kier molecular flexibility index (Phi) is 10.4. The minimum atomic E-state index is -3.52. The number of halogens is 1. The molecule has 0 aromatic heterocycles. The fraction of sp³-hybridized carbons (Fsp3) is 0.500. The molecule has 2 amide bonds. The molecule has 0 spiro atoms. The molecule has 4 rings (SSSR count). The first-order chi connectivity index (χ1) is 18.7. The van der Waals surface area contributed by atoms with E-state index in [0.717, 1.165) is 43.6 Å². The van der Waals surface area contributed by atoms with Crippen LogP contribution in [0.15, 0.2) is 53.4 Å². The summed E-state index contributed by atoms with van der Waals surface area (Å²) in [5.74, 6) is -0.365. The largest absolute Gasteiger partial charge is 0.379 e. The van der Waals surface area contributed by atoms with Crippen LogP contribution in [-0.4, -0.2) is 81.5 Å². The Labute approximate surface area is 235 Å². The molecule has 2 aliphatic rings. The van der Waals surface area contributed by atoms with Gasteiger partial charge in [-0.3, -0.25) is 14.5 Å². The fourth-order valence-corrected chi connectivity index (χ4v) is 5.83. The quantitative estimate of drug-likeness (QED) is 0.379. The first-order valence-electron chi connectivity index (χ1n) is 13.4. The molecule has 1 heterocycles. The summed E-state index contributed by atoms with van der Waals surface area (Å²) in [5, 5.41) is 3.57. The summed E-state index contributed by atoms with van der Waals surface area (Å²) in [6.07, 6.45) is 2.36. The molecule has 0 bridgehead atoms. The van der Waals surface area contributed by atoms with Crippen LogP contribution in [0.3, 0.4) is 0 Å². The Morgan fingerprint density at radius 1 is 1.05 bits per heavy atom. The van der Waals surface area contributed by atoms with Gasteiger partial charge >= 0.3 is 0 Å². The molecule has 0 unspecified atom stereocenters. The van der Waals surface area contributed by atoms with Crippen molar-refractivity contribution in [1.82, 2.24) is 19.8 Å². The lowest BCUT2D eigenvalue weighted by Crippen LogP contribution is -2.49. The van der Waals surface area contributed by atoms with E-state index >= 15 is 0 Å². The third-order valence-electron chi connectivity index (χ3n) is 7.02. The van der Waals surface area contributed by atoms with Crippen LogP contribution in [0.4, 0.5) is 0 Å². The first-order valence-corrected chi connectivity index (χ1v) is 15.3. The van der Waals surface area contributed by atoms with Crippen LogP contribution in [-0.2, 0) is 37.3 Å². The summed E-state index contributed by atoms with van der Waals surface area (Å²) in [4.78, 5) is 30.5. The number of amides is 2. The number of nitrogens with zero attached hydrogens (tertiary/aromatic N) is 2. The van der Waals surface area contributed by atoms with Gasteiger partial charge in [-0.1, -0.05) is 35.9 Å². The topological polar surface area (TPSA) is 108 Å². The predicted octanol–water partition coefficient (Wildman–Crippen LogP) is 2.58. The summed E-state index contributed by atoms with van der Waals surface area (Å²) < 4.78 is 32.9. The number of ether oxygens (including phenoxy) is 1. The molecule has 212 valence electrons. The van der Waals surface area contributed by atoms with Gasteiger partial charge in [-0.15, -0.1) is 0 Å². The van der Waals surface area contributed by atoms with E-state index in [-0.39, 0.29) is 35.7 Å². The maximum absolute atomic E-state index is 13.4. The van der Waals surface area contributed by atoms with Crippen molar-refractivity contribution in [3.63, 3.8) is 0 Å². The summed E-state index contributed by atoms with van der Waals surface area (Å²) in [5.41, 5.74) is 1.72. The van der Waals surface area contributed by atoms with Crippen LogP contribution in [0.25, 0.3) is 0 Å². The Bertz CT molecular complexity index is 1210. The van der Waals surface area contributed by atoms with Crippen molar-refractivity contribution in [3.8, 4) is 0 Å². The third kappa shape index (κ3) is 9.01. The number of hydrogen-bond donors (Lipinski definition) is 2. The van der Waals surface area contributed by atoms with Gasteiger partial charge in [0.2, 0.25) is 21.8 Å². The number of aryl methyl sites for hydroxylation is 1. The van der Waals surface area contributed by atoms with Crippen molar-refractivity contribution in [1.29, 1.82) is 0 Å². The normalized spacial score (nSPS) is 17.0. The van der Waals surface area contributed by atoms with E-state index < -0.39 is 16.1 Å². The summed E-state index contributed by atoms with van der Waals surface area (Å²) in [7, 11) is -3.52. The van der Waals surface area contributed by atoms with E-state index in [1.807, 2.05) is 12.1 Å². The zero-order valence-corrected chi connectivity index (χ0v) is 23.8. The van der Waals surface area contributed by atoms with Crippen LogP contribution >= 0.6 is 11.6 Å². The van der Waals surface area contributed by atoms with Gasteiger partial charge in [-0.25, -0.2) is 13.1 Å². The number of hydrogen-bond acceptors (Lipinski definition) is 6. The molecular weight excluding hydrogens is 540 g/mol. The Morgan fingerprint density at radius 3 is 2.33 bits per heavy atom. The molecule has 2 aromatic rings. The number of nitrogens with one attached hydrogen (secondary N) is 2. The highest BCUT2D eigenvalue weighted by molar-refractivity contribution is 7.89. The van der Waals surface area contributed by atoms with Gasteiger partial charge in [0, 0.05) is 50.2 Å². The second-order valence-corrected chi connectivity index (χ2v) is 12.3. The van der Waals surface area contributed by atoms with Crippen molar-refractivity contribution in [2.45, 2.75) is 56.1 Å². The molecular formula is C28H37ClN4O5S. The minimum Gasteiger partial charge on any atom is -0.379 e. The highest BCUT2D eigenvalue weighted by Crippen LogP contribution is 2.22. The fourth-order valence-electron chi connectivity index (χ4n) is 4.40. The van der Waals surface area contributed by atoms with Crippen LogP contribution in [0.5, 0.6) is 0 Å². The smallest absolute Gasteiger partial charge is 0.242 e. The van der Waals surface area contributed by atoms with Gasteiger partial charge in [-0.2, -0.15) is 0 Å². The highest BCUT2D eigenvalue weighted by atomic mass is 35.5. The van der Waals surface area contributed by atoms with Gasteiger partial charge in [0.15, 0.2) is 0 Å². The number of sulfonamides is 1. The second kappa shape index (κ2) is 13.7. The first kappa shape index (κ1) is 29.5. The Morgan fingerprint density at radius 2 is 1.69 bits per heavy atom. The lowest BCUT2D eigenvalue weighted by molar-refractivity contribution is -0.140. The van der Waals surface area contributed by atoms with Crippen LogP contribution in [0.2, 0.25) is 5.02 Å². The zero-order chi connectivity index (χ0) is 27.8. The zero-order valence-electron chi connectivity index (χ0n) is 22.3. The standard InChI is InChI=1S/C28H37ClN4O5S/c1-21(28(35)30-14-15-32-16-18-38-19-17-32)33(20-23-2-7-24(29)8-3-23)27(34)13-6-22-4-11-26(12-5-22)39(36,37)31-25-9-10-25/h2-5,7-8,11-12,21,25,31H,6,9-10,13-20H2,1H3,(H,30,35)/t21-/m1/s1. The molecule has 9 nitrogen and oxygen atoms in total. The van der Waals surface area contributed by atoms with E-state index in [2.05, 4.69) is 14.9 Å². The lowest BCUT2D eigenvalue weighted by atomic mass is 10.1. The number of morpholine rings is 1. The van der Waals surface area contributed by atoms with Crippen molar-refractivity contribution in [3.05, 3.63) is 64.7 Å². The third-order valence-corrected chi connectivity index (χ3v) is 8.81.